The van der Waals surface area contributed by atoms with Gasteiger partial charge in [-0.2, -0.15) is 0 Å². The third-order valence-electron chi connectivity index (χ3n) is 9.65. The molecule has 0 radical (unpaired) electrons. The molecule has 2 saturated carbocycles. The average molecular weight is 520 g/mol. The van der Waals surface area contributed by atoms with Gasteiger partial charge in [-0.1, -0.05) is 43.5 Å². The minimum atomic E-state index is -0.149. The number of carbonyl (C=O) groups excluding carboxylic acids is 1. The second-order valence-corrected chi connectivity index (χ2v) is 11.5. The molecular formula is C32H45N3O3. The van der Waals surface area contributed by atoms with Crippen molar-refractivity contribution in [1.29, 1.82) is 0 Å². The van der Waals surface area contributed by atoms with Crippen LogP contribution in [0.2, 0.25) is 0 Å². The Morgan fingerprint density at radius 3 is 1.95 bits per heavy atom. The first-order valence-corrected chi connectivity index (χ1v) is 14.6. The number of amides is 1. The number of nitrogens with zero attached hydrogens (tertiary/aromatic N) is 3. The van der Waals surface area contributed by atoms with E-state index in [2.05, 4.69) is 34.1 Å². The number of ether oxygens (including phenoxy) is 1. The van der Waals surface area contributed by atoms with Crippen molar-refractivity contribution < 1.29 is 14.4 Å². The minimum absolute atomic E-state index is 0.149. The number of methoxy groups -OCH3 is 1. The minimum Gasteiger partial charge on any atom is -0.378 e. The van der Waals surface area contributed by atoms with Crippen molar-refractivity contribution in [2.75, 3.05) is 52.3 Å². The molecule has 2 aromatic rings. The van der Waals surface area contributed by atoms with E-state index in [0.717, 1.165) is 43.2 Å². The van der Waals surface area contributed by atoms with Crippen LogP contribution in [0.4, 0.5) is 5.69 Å². The van der Waals surface area contributed by atoms with Crippen molar-refractivity contribution in [2.24, 2.45) is 5.92 Å². The topological polar surface area (TPSA) is 45.2 Å². The van der Waals surface area contributed by atoms with Crippen molar-refractivity contribution in [3.63, 3.8) is 0 Å². The highest BCUT2D eigenvalue weighted by Gasteiger charge is 2.43. The summed E-state index contributed by atoms with van der Waals surface area (Å²) in [5.74, 6) is 0.629. The molecule has 1 heterocycles. The molecule has 0 unspecified atom stereocenters. The van der Waals surface area contributed by atoms with E-state index >= 15 is 0 Å². The Labute approximate surface area is 228 Å². The lowest BCUT2D eigenvalue weighted by atomic mass is 9.68. The van der Waals surface area contributed by atoms with Gasteiger partial charge in [-0.25, -0.2) is 5.06 Å². The lowest BCUT2D eigenvalue weighted by Gasteiger charge is -2.49. The summed E-state index contributed by atoms with van der Waals surface area (Å²) in [5.41, 5.74) is 4.33. The zero-order chi connectivity index (χ0) is 26.5. The van der Waals surface area contributed by atoms with Crippen molar-refractivity contribution in [1.82, 2.24) is 9.96 Å². The quantitative estimate of drug-likeness (QED) is 0.419. The maximum absolute atomic E-state index is 12.3. The number of hydrogen-bond donors (Lipinski definition) is 0. The Bertz CT molecular complexity index is 1030. The van der Waals surface area contributed by atoms with Crippen LogP contribution in [0.3, 0.4) is 0 Å². The van der Waals surface area contributed by atoms with Gasteiger partial charge in [0, 0.05) is 57.6 Å². The Morgan fingerprint density at radius 1 is 0.816 bits per heavy atom. The predicted molar refractivity (Wildman–Crippen MR) is 153 cm³/mol. The molecule has 0 N–H and O–H groups in total. The van der Waals surface area contributed by atoms with Crippen molar-refractivity contribution in [3.8, 4) is 11.1 Å². The van der Waals surface area contributed by atoms with Gasteiger partial charge in [-0.15, -0.1) is 0 Å². The average Bonchev–Trinajstić information content (AvgIpc) is 3.01. The Morgan fingerprint density at radius 2 is 1.39 bits per heavy atom. The molecule has 1 amide bonds. The lowest BCUT2D eigenvalue weighted by molar-refractivity contribution is -0.105. The number of piperazine rings is 1. The molecule has 3 fully saturated rings. The largest absolute Gasteiger partial charge is 0.378 e. The van der Waals surface area contributed by atoms with Gasteiger partial charge in [-0.3, -0.25) is 14.5 Å². The highest BCUT2D eigenvalue weighted by Crippen LogP contribution is 2.44. The zero-order valence-electron chi connectivity index (χ0n) is 23.5. The molecule has 6 nitrogen and oxygen atoms in total. The molecule has 206 valence electrons. The molecule has 1 saturated heterocycles. The maximum atomic E-state index is 12.3. The van der Waals surface area contributed by atoms with Gasteiger partial charge in [0.2, 0.25) is 0 Å². The summed E-state index contributed by atoms with van der Waals surface area (Å²) in [5, 5.41) is 1.24. The van der Waals surface area contributed by atoms with Crippen molar-refractivity contribution in [2.45, 2.75) is 69.4 Å². The molecule has 1 aliphatic heterocycles. The second-order valence-electron chi connectivity index (χ2n) is 11.5. The molecule has 0 atom stereocenters. The summed E-state index contributed by atoms with van der Waals surface area (Å²) in [4.78, 5) is 22.5. The maximum Gasteiger partial charge on any atom is 0.277 e. The van der Waals surface area contributed by atoms with Gasteiger partial charge in [0.05, 0.1) is 12.7 Å². The van der Waals surface area contributed by atoms with E-state index < -0.39 is 0 Å². The molecule has 0 bridgehead atoms. The van der Waals surface area contributed by atoms with E-state index in [1.165, 1.54) is 75.6 Å². The van der Waals surface area contributed by atoms with Gasteiger partial charge in [0.1, 0.15) is 0 Å². The molecule has 3 aliphatic rings. The third-order valence-corrected chi connectivity index (χ3v) is 9.65. The zero-order valence-corrected chi connectivity index (χ0v) is 23.5. The van der Waals surface area contributed by atoms with Crippen LogP contribution in [-0.4, -0.2) is 75.0 Å². The van der Waals surface area contributed by atoms with E-state index in [0.29, 0.717) is 11.6 Å². The highest BCUT2D eigenvalue weighted by atomic mass is 16.7. The van der Waals surface area contributed by atoms with E-state index in [1.54, 1.807) is 7.05 Å². The third kappa shape index (κ3) is 5.78. The van der Waals surface area contributed by atoms with Crippen LogP contribution in [-0.2, 0) is 9.57 Å². The van der Waals surface area contributed by atoms with Gasteiger partial charge < -0.3 is 9.64 Å². The van der Waals surface area contributed by atoms with Gasteiger partial charge in [0.25, 0.3) is 5.91 Å². The van der Waals surface area contributed by atoms with E-state index in [-0.39, 0.29) is 11.5 Å². The number of hydrogen-bond acceptors (Lipinski definition) is 5. The van der Waals surface area contributed by atoms with Crippen LogP contribution in [0.25, 0.3) is 11.1 Å². The van der Waals surface area contributed by atoms with Crippen LogP contribution >= 0.6 is 0 Å². The summed E-state index contributed by atoms with van der Waals surface area (Å²) in [7, 11) is 5.08. The fourth-order valence-electron chi connectivity index (χ4n) is 7.14. The van der Waals surface area contributed by atoms with Crippen LogP contribution in [0.15, 0.2) is 48.5 Å². The van der Waals surface area contributed by atoms with Gasteiger partial charge >= 0.3 is 0 Å². The standard InChI is InChI=1S/C32H45N3O3/c1-33(38-3)31(36)27-11-9-25(10-12-27)26-13-15-29(16-14-26)34-21-23-35(24-22-34)30-17-19-32(37-2,20-18-30)28-7-5-4-6-8-28/h9-16,28,30H,4-8,17-24H2,1-3H3. The monoisotopic (exact) mass is 519 g/mol. The highest BCUT2D eigenvalue weighted by molar-refractivity contribution is 5.93. The van der Waals surface area contributed by atoms with Crippen LogP contribution < -0.4 is 4.90 Å². The van der Waals surface area contributed by atoms with Gasteiger partial charge in [0.15, 0.2) is 0 Å². The molecule has 38 heavy (non-hydrogen) atoms. The van der Waals surface area contributed by atoms with Crippen LogP contribution in [0.1, 0.15) is 68.1 Å². The summed E-state index contributed by atoms with van der Waals surface area (Å²) in [6, 6.07) is 17.3. The summed E-state index contributed by atoms with van der Waals surface area (Å²) < 4.78 is 6.25. The first-order chi connectivity index (χ1) is 18.5. The first-order valence-electron chi connectivity index (χ1n) is 14.6. The van der Waals surface area contributed by atoms with Crippen molar-refractivity contribution >= 4 is 11.6 Å². The predicted octanol–water partition coefficient (Wildman–Crippen LogP) is 6.02. The second kappa shape index (κ2) is 12.2. The SMILES string of the molecule is CON(C)C(=O)c1ccc(-c2ccc(N3CCN(C4CCC(OC)(C5CCCCC5)CC4)CC3)cc2)cc1. The Kier molecular flexibility index (Phi) is 8.71. The molecule has 0 spiro atoms. The number of hydroxylamine groups is 2. The molecule has 2 aromatic carbocycles. The fourth-order valence-corrected chi connectivity index (χ4v) is 7.14. The molecule has 6 heteroatoms. The van der Waals surface area contributed by atoms with Gasteiger partial charge in [-0.05, 0) is 79.8 Å². The molecule has 2 aliphatic carbocycles. The normalized spacial score (nSPS) is 25.3. The van der Waals surface area contributed by atoms with E-state index in [4.69, 9.17) is 9.57 Å². The summed E-state index contributed by atoms with van der Waals surface area (Å²) >= 11 is 0. The number of rotatable bonds is 7. The van der Waals surface area contributed by atoms with E-state index in [9.17, 15) is 4.79 Å². The molecule has 5 rings (SSSR count). The smallest absolute Gasteiger partial charge is 0.277 e. The number of carbonyl (C=O) groups is 1. The number of benzene rings is 2. The lowest BCUT2D eigenvalue weighted by Crippen LogP contribution is -2.54. The van der Waals surface area contributed by atoms with Crippen LogP contribution in [0, 0.1) is 5.92 Å². The Balaban J connectivity index is 1.12. The summed E-state index contributed by atoms with van der Waals surface area (Å²) in [6.07, 6.45) is 12.0. The molecular weight excluding hydrogens is 474 g/mol. The number of anilines is 1. The Hall–Kier alpha value is -2.41. The van der Waals surface area contributed by atoms with E-state index in [1.807, 2.05) is 31.4 Å². The fraction of sp³-hybridized carbons (Fsp3) is 0.594. The summed E-state index contributed by atoms with van der Waals surface area (Å²) in [6.45, 7) is 4.44. The first kappa shape index (κ1) is 27.2. The van der Waals surface area contributed by atoms with Crippen LogP contribution in [0.5, 0.6) is 0 Å². The van der Waals surface area contributed by atoms with Crippen molar-refractivity contribution in [3.05, 3.63) is 54.1 Å². The molecule has 0 aromatic heterocycles.